The van der Waals surface area contributed by atoms with E-state index in [1.807, 2.05) is 0 Å². The highest BCUT2D eigenvalue weighted by molar-refractivity contribution is 6.57. The molecule has 1 atom stereocenters. The lowest BCUT2D eigenvalue weighted by Gasteiger charge is -2.17. The fourth-order valence-corrected chi connectivity index (χ4v) is 0.745. The van der Waals surface area contributed by atoms with Gasteiger partial charge in [-0.3, -0.25) is 4.79 Å². The first-order valence-electron chi connectivity index (χ1n) is 2.22. The van der Waals surface area contributed by atoms with Gasteiger partial charge in [-0.2, -0.15) is 0 Å². The number of hydrogen-bond acceptors (Lipinski definition) is 1. The van der Waals surface area contributed by atoms with Crippen LogP contribution in [0.25, 0.3) is 0 Å². The van der Waals surface area contributed by atoms with Crippen molar-refractivity contribution in [2.75, 3.05) is 5.88 Å². The van der Waals surface area contributed by atoms with Crippen LogP contribution in [-0.2, 0) is 4.79 Å². The van der Waals surface area contributed by atoms with Gasteiger partial charge in [0.05, 0.1) is 5.88 Å². The molecule has 6 heteroatoms. The Hall–Kier alpha value is 0.630. The van der Waals surface area contributed by atoms with Gasteiger partial charge < -0.3 is 5.11 Å². The second kappa shape index (κ2) is 3.86. The first-order chi connectivity index (χ1) is 4.41. The van der Waals surface area contributed by atoms with Crippen LogP contribution in [0.2, 0.25) is 0 Å². The average Bonchev–Trinajstić information content (AvgIpc) is 1.86. The fraction of sp³-hybridized carbons (Fsp3) is 0.750. The molecule has 0 saturated heterocycles. The van der Waals surface area contributed by atoms with Crippen molar-refractivity contribution in [1.82, 2.24) is 0 Å². The molecule has 0 aliphatic heterocycles. The summed E-state index contributed by atoms with van der Waals surface area (Å²) in [6.07, 6.45) is 0. The molecule has 1 N–H and O–H groups in total. The Morgan fingerprint density at radius 3 is 2.10 bits per heavy atom. The lowest BCUT2D eigenvalue weighted by molar-refractivity contribution is -0.136. The molecule has 2 nitrogen and oxygen atoms in total. The van der Waals surface area contributed by atoms with Gasteiger partial charge in [-0.15, -0.1) is 23.2 Å². The van der Waals surface area contributed by atoms with Crippen molar-refractivity contribution >= 4 is 52.4 Å². The van der Waals surface area contributed by atoms with E-state index in [2.05, 4.69) is 0 Å². The summed E-state index contributed by atoms with van der Waals surface area (Å²) in [5, 5.41) is 6.91. The molecule has 0 fully saturated rings. The van der Waals surface area contributed by atoms with Crippen LogP contribution in [0.15, 0.2) is 0 Å². The average molecular weight is 226 g/mol. The van der Waals surface area contributed by atoms with Gasteiger partial charge in [0.25, 0.3) is 0 Å². The first kappa shape index (κ1) is 10.6. The summed E-state index contributed by atoms with van der Waals surface area (Å²) in [6.45, 7) is 0. The number of carboxylic acids is 1. The molecular formula is C4H4Cl4O2. The molecule has 0 aromatic carbocycles. The minimum absolute atomic E-state index is 0.226. The summed E-state index contributed by atoms with van der Waals surface area (Å²) >= 11 is 21.3. The van der Waals surface area contributed by atoms with Gasteiger partial charge in [0.1, 0.15) is 0 Å². The van der Waals surface area contributed by atoms with Crippen LogP contribution in [0.4, 0.5) is 0 Å². The fourth-order valence-electron chi connectivity index (χ4n) is 0.248. The molecule has 1 unspecified atom stereocenters. The normalized spacial score (nSPS) is 14.8. The minimum Gasteiger partial charge on any atom is -0.480 e. The maximum atomic E-state index is 10.1. The van der Waals surface area contributed by atoms with Crippen LogP contribution in [0.1, 0.15) is 0 Å². The molecule has 0 spiro atoms. The van der Waals surface area contributed by atoms with Crippen LogP contribution >= 0.6 is 46.4 Å². The molecule has 0 rings (SSSR count). The van der Waals surface area contributed by atoms with Gasteiger partial charge >= 0.3 is 5.97 Å². The topological polar surface area (TPSA) is 37.3 Å². The van der Waals surface area contributed by atoms with E-state index in [4.69, 9.17) is 51.5 Å². The smallest absolute Gasteiger partial charge is 0.324 e. The second-order valence-corrected chi connectivity index (χ2v) is 3.84. The van der Waals surface area contributed by atoms with Crippen molar-refractivity contribution in [1.29, 1.82) is 0 Å². The van der Waals surface area contributed by atoms with Gasteiger partial charge in [0.15, 0.2) is 9.71 Å². The van der Waals surface area contributed by atoms with E-state index in [0.29, 0.717) is 0 Å². The van der Waals surface area contributed by atoms with Crippen LogP contribution in [0, 0.1) is 0 Å². The van der Waals surface area contributed by atoms with Crippen molar-refractivity contribution in [2.24, 2.45) is 0 Å². The lowest BCUT2D eigenvalue weighted by Crippen LogP contribution is -2.35. The Labute approximate surface area is 78.0 Å². The van der Waals surface area contributed by atoms with Gasteiger partial charge in [-0.25, -0.2) is 0 Å². The van der Waals surface area contributed by atoms with E-state index < -0.39 is 15.7 Å². The van der Waals surface area contributed by atoms with E-state index in [1.54, 1.807) is 0 Å². The maximum absolute atomic E-state index is 10.1. The molecule has 0 aliphatic rings. The zero-order valence-electron chi connectivity index (χ0n) is 4.65. The molecule has 0 bridgehead atoms. The molecule has 0 saturated carbocycles. The second-order valence-electron chi connectivity index (χ2n) is 1.60. The van der Waals surface area contributed by atoms with E-state index in [-0.39, 0.29) is 5.88 Å². The number of alkyl halides is 4. The van der Waals surface area contributed by atoms with Gasteiger partial charge in [-0.05, 0) is 0 Å². The van der Waals surface area contributed by atoms with Crippen LogP contribution in [0.3, 0.4) is 0 Å². The highest BCUT2D eigenvalue weighted by Crippen LogP contribution is 2.30. The van der Waals surface area contributed by atoms with Crippen molar-refractivity contribution in [2.45, 2.75) is 9.71 Å². The van der Waals surface area contributed by atoms with Crippen molar-refractivity contribution in [3.05, 3.63) is 0 Å². The van der Waals surface area contributed by atoms with E-state index >= 15 is 0 Å². The van der Waals surface area contributed by atoms with Crippen LogP contribution in [-0.4, -0.2) is 26.7 Å². The summed E-state index contributed by atoms with van der Waals surface area (Å²) in [4.78, 5) is 10.1. The molecule has 0 heterocycles. The lowest BCUT2D eigenvalue weighted by atomic mass is 10.3. The molecule has 10 heavy (non-hydrogen) atoms. The Morgan fingerprint density at radius 2 is 2.00 bits per heavy atom. The minimum atomic E-state index is -1.60. The number of carboxylic acid groups (broad SMARTS) is 1. The largest absolute Gasteiger partial charge is 0.480 e. The van der Waals surface area contributed by atoms with Gasteiger partial charge in [-0.1, -0.05) is 23.2 Å². The van der Waals surface area contributed by atoms with E-state index in [9.17, 15) is 4.79 Å². The molecular weight excluding hydrogens is 222 g/mol. The van der Waals surface area contributed by atoms with Crippen molar-refractivity contribution < 1.29 is 9.90 Å². The predicted octanol–water partition coefficient (Wildman–Crippen LogP) is 2.09. The number of halogens is 4. The Morgan fingerprint density at radius 1 is 1.60 bits per heavy atom. The highest BCUT2D eigenvalue weighted by atomic mass is 35.5. The monoisotopic (exact) mass is 224 g/mol. The summed E-state index contributed by atoms with van der Waals surface area (Å²) in [6, 6.07) is 0. The summed E-state index contributed by atoms with van der Waals surface area (Å²) in [7, 11) is 0. The van der Waals surface area contributed by atoms with Crippen LogP contribution < -0.4 is 0 Å². The standard InChI is InChI=1S/C4H4Cl4O2/c5-1-4(7,8)2(6)3(9)10/h2H,1H2,(H,9,10). The third-order valence-electron chi connectivity index (χ3n) is 0.766. The number of hydrogen-bond donors (Lipinski definition) is 1. The first-order valence-corrected chi connectivity index (χ1v) is 3.95. The van der Waals surface area contributed by atoms with E-state index in [1.165, 1.54) is 0 Å². The zero-order valence-corrected chi connectivity index (χ0v) is 7.68. The summed E-state index contributed by atoms with van der Waals surface area (Å²) < 4.78 is -1.60. The quantitative estimate of drug-likeness (QED) is 0.748. The highest BCUT2D eigenvalue weighted by Gasteiger charge is 2.37. The zero-order chi connectivity index (χ0) is 8.36. The number of carbonyl (C=O) groups is 1. The molecule has 0 radical (unpaired) electrons. The van der Waals surface area contributed by atoms with Crippen molar-refractivity contribution in [3.63, 3.8) is 0 Å². The molecule has 0 amide bonds. The Bertz CT molecular complexity index is 135. The summed E-state index contributed by atoms with van der Waals surface area (Å²) in [5.41, 5.74) is 0. The third kappa shape index (κ3) is 2.70. The molecule has 60 valence electrons. The van der Waals surface area contributed by atoms with Gasteiger partial charge in [0.2, 0.25) is 0 Å². The van der Waals surface area contributed by atoms with Crippen molar-refractivity contribution in [3.8, 4) is 0 Å². The Kier molecular flexibility index (Phi) is 4.10. The predicted molar refractivity (Wildman–Crippen MR) is 42.4 cm³/mol. The Balaban J connectivity index is 4.17. The third-order valence-corrected chi connectivity index (χ3v) is 2.95. The van der Waals surface area contributed by atoms with E-state index in [0.717, 1.165) is 0 Å². The number of rotatable bonds is 3. The number of aliphatic carboxylic acids is 1. The van der Waals surface area contributed by atoms with Crippen LogP contribution in [0.5, 0.6) is 0 Å². The molecule has 0 aliphatic carbocycles. The molecule has 0 aromatic heterocycles. The van der Waals surface area contributed by atoms with Gasteiger partial charge in [0, 0.05) is 0 Å². The maximum Gasteiger partial charge on any atom is 0.324 e. The SMILES string of the molecule is O=C(O)C(Cl)C(Cl)(Cl)CCl. The summed E-state index contributed by atoms with van der Waals surface area (Å²) in [5.74, 6) is -1.51. The molecule has 0 aromatic rings.